The van der Waals surface area contributed by atoms with Crippen LogP contribution in [0.3, 0.4) is 0 Å². The first kappa shape index (κ1) is 6.07. The molecule has 1 heterocycles. The van der Waals surface area contributed by atoms with Crippen LogP contribution in [0.1, 0.15) is 0 Å². The Balaban J connectivity index is 2.55. The molecule has 1 aliphatic rings. The summed E-state index contributed by atoms with van der Waals surface area (Å²) < 4.78 is 0. The van der Waals surface area contributed by atoms with Crippen molar-refractivity contribution in [2.75, 3.05) is 13.6 Å². The molecule has 0 saturated heterocycles. The zero-order chi connectivity index (χ0) is 6.85. The summed E-state index contributed by atoms with van der Waals surface area (Å²) in [4.78, 5) is 15.7. The molecule has 0 bridgehead atoms. The van der Waals surface area contributed by atoms with Gasteiger partial charge in [-0.15, -0.1) is 0 Å². The fourth-order valence-corrected chi connectivity index (χ4v) is 0.737. The maximum atomic E-state index is 10.3. The van der Waals surface area contributed by atoms with Crippen LogP contribution in [0.15, 0.2) is 4.99 Å². The monoisotopic (exact) mass is 128 g/mol. The Morgan fingerprint density at radius 3 is 2.89 bits per heavy atom. The van der Waals surface area contributed by atoms with Crippen LogP contribution in [-0.2, 0) is 4.79 Å². The van der Waals surface area contributed by atoms with E-state index in [0.717, 1.165) is 0 Å². The highest BCUT2D eigenvalue weighted by atomic mass is 16.4. The van der Waals surface area contributed by atoms with Gasteiger partial charge < -0.3 is 10.0 Å². The number of carbonyl (C=O) groups is 1. The lowest BCUT2D eigenvalue weighted by Gasteiger charge is -2.12. The molecule has 4 heteroatoms. The topological polar surface area (TPSA) is 52.9 Å². The molecule has 1 N–H and O–H groups in total. The summed E-state index contributed by atoms with van der Waals surface area (Å²) in [5.41, 5.74) is 0. The summed E-state index contributed by atoms with van der Waals surface area (Å²) in [6, 6.07) is -0.440. The van der Waals surface area contributed by atoms with E-state index >= 15 is 0 Å². The van der Waals surface area contributed by atoms with Crippen LogP contribution in [0.25, 0.3) is 0 Å². The Hall–Kier alpha value is -1.06. The number of carboxylic acids is 1. The lowest BCUT2D eigenvalue weighted by atomic mass is 10.3. The fraction of sp³-hybridized carbons (Fsp3) is 0.600. The van der Waals surface area contributed by atoms with Crippen LogP contribution < -0.4 is 0 Å². The molecule has 0 aliphatic carbocycles. The molecule has 0 spiro atoms. The Labute approximate surface area is 52.8 Å². The minimum absolute atomic E-state index is 0.381. The molecule has 0 fully saturated rings. The quantitative estimate of drug-likeness (QED) is 0.513. The predicted octanol–water partition coefficient (Wildman–Crippen LogP) is -0.587. The van der Waals surface area contributed by atoms with Gasteiger partial charge in [-0.05, 0) is 0 Å². The van der Waals surface area contributed by atoms with Crippen molar-refractivity contribution in [2.45, 2.75) is 6.04 Å². The number of nitrogens with zero attached hydrogens (tertiary/aromatic N) is 2. The summed E-state index contributed by atoms with van der Waals surface area (Å²) in [6.45, 7) is 0.381. The molecule has 1 unspecified atom stereocenters. The van der Waals surface area contributed by atoms with Gasteiger partial charge in [0.25, 0.3) is 0 Å². The van der Waals surface area contributed by atoms with Crippen molar-refractivity contribution in [3.63, 3.8) is 0 Å². The van der Waals surface area contributed by atoms with E-state index in [1.165, 1.54) is 0 Å². The van der Waals surface area contributed by atoms with Crippen LogP contribution in [0, 0.1) is 0 Å². The first-order chi connectivity index (χ1) is 4.22. The van der Waals surface area contributed by atoms with E-state index in [4.69, 9.17) is 5.11 Å². The number of carboxylic acid groups (broad SMARTS) is 1. The second-order valence-corrected chi connectivity index (χ2v) is 2.00. The van der Waals surface area contributed by atoms with Crippen LogP contribution in [-0.4, -0.2) is 41.9 Å². The zero-order valence-corrected chi connectivity index (χ0v) is 5.11. The highest BCUT2D eigenvalue weighted by Gasteiger charge is 2.23. The van der Waals surface area contributed by atoms with E-state index in [1.807, 2.05) is 0 Å². The predicted molar refractivity (Wildman–Crippen MR) is 32.5 cm³/mol. The summed E-state index contributed by atoms with van der Waals surface area (Å²) in [7, 11) is 1.70. The Morgan fingerprint density at radius 1 is 2.00 bits per heavy atom. The van der Waals surface area contributed by atoms with Gasteiger partial charge in [-0.2, -0.15) is 0 Å². The Morgan fingerprint density at radius 2 is 2.67 bits per heavy atom. The lowest BCUT2D eigenvalue weighted by Crippen LogP contribution is -2.35. The van der Waals surface area contributed by atoms with E-state index in [-0.39, 0.29) is 0 Å². The van der Waals surface area contributed by atoms with Gasteiger partial charge in [0.2, 0.25) is 0 Å². The average molecular weight is 128 g/mol. The first-order valence-corrected chi connectivity index (χ1v) is 2.66. The number of likely N-dealkylation sites (N-methyl/N-ethyl adjacent to an activating group) is 1. The molecule has 1 rings (SSSR count). The van der Waals surface area contributed by atoms with E-state index in [0.29, 0.717) is 6.54 Å². The fourth-order valence-electron chi connectivity index (χ4n) is 0.737. The molecule has 9 heavy (non-hydrogen) atoms. The third kappa shape index (κ3) is 1.01. The van der Waals surface area contributed by atoms with Crippen molar-refractivity contribution in [2.24, 2.45) is 4.99 Å². The standard InChI is InChI=1S/C5H8N2O2/c1-7-3-6-2-4(7)5(8)9/h3-4H,2H2,1H3,(H,8,9). The smallest absolute Gasteiger partial charge is 0.328 e. The number of aliphatic carboxylic acids is 1. The van der Waals surface area contributed by atoms with Gasteiger partial charge in [0.05, 0.1) is 12.9 Å². The molecule has 4 nitrogen and oxygen atoms in total. The number of hydrogen-bond donors (Lipinski definition) is 1. The largest absolute Gasteiger partial charge is 0.480 e. The van der Waals surface area contributed by atoms with Crippen molar-refractivity contribution >= 4 is 12.3 Å². The van der Waals surface area contributed by atoms with Crippen LogP contribution in [0.2, 0.25) is 0 Å². The third-order valence-electron chi connectivity index (χ3n) is 1.32. The van der Waals surface area contributed by atoms with Crippen molar-refractivity contribution in [3.05, 3.63) is 0 Å². The number of hydrogen-bond acceptors (Lipinski definition) is 3. The van der Waals surface area contributed by atoms with Crippen molar-refractivity contribution in [3.8, 4) is 0 Å². The molecule has 0 radical (unpaired) electrons. The van der Waals surface area contributed by atoms with E-state index < -0.39 is 12.0 Å². The van der Waals surface area contributed by atoms with Gasteiger partial charge in [-0.1, -0.05) is 0 Å². The normalized spacial score (nSPS) is 25.0. The summed E-state index contributed by atoms with van der Waals surface area (Å²) in [5, 5.41) is 8.46. The van der Waals surface area contributed by atoms with Crippen LogP contribution in [0.4, 0.5) is 0 Å². The molecule has 1 aliphatic heterocycles. The molecule has 1 atom stereocenters. The van der Waals surface area contributed by atoms with Crippen molar-refractivity contribution < 1.29 is 9.90 Å². The van der Waals surface area contributed by atoms with Gasteiger partial charge in [0.1, 0.15) is 6.04 Å². The van der Waals surface area contributed by atoms with Gasteiger partial charge in [-0.25, -0.2) is 4.79 Å². The highest BCUT2D eigenvalue weighted by molar-refractivity contribution is 5.79. The van der Waals surface area contributed by atoms with Gasteiger partial charge in [-0.3, -0.25) is 4.99 Å². The van der Waals surface area contributed by atoms with Gasteiger partial charge >= 0.3 is 5.97 Å². The van der Waals surface area contributed by atoms with Crippen molar-refractivity contribution in [1.82, 2.24) is 4.90 Å². The SMILES string of the molecule is CN1C=NCC1C(=O)O. The second kappa shape index (κ2) is 2.05. The van der Waals surface area contributed by atoms with Crippen molar-refractivity contribution in [1.29, 1.82) is 0 Å². The molecule has 0 amide bonds. The molecule has 0 saturated carbocycles. The highest BCUT2D eigenvalue weighted by Crippen LogP contribution is 2.00. The van der Waals surface area contributed by atoms with Crippen LogP contribution >= 0.6 is 0 Å². The minimum atomic E-state index is -0.810. The average Bonchev–Trinajstić information content (AvgIpc) is 2.13. The lowest BCUT2D eigenvalue weighted by molar-refractivity contribution is -0.140. The van der Waals surface area contributed by atoms with E-state index in [9.17, 15) is 4.79 Å². The molecule has 0 aromatic carbocycles. The van der Waals surface area contributed by atoms with Gasteiger partial charge in [0.15, 0.2) is 0 Å². The Bertz CT molecular complexity index is 155. The van der Waals surface area contributed by atoms with Crippen LogP contribution in [0.5, 0.6) is 0 Å². The molecule has 0 aromatic rings. The minimum Gasteiger partial charge on any atom is -0.480 e. The summed E-state index contributed by atoms with van der Waals surface area (Å²) in [5.74, 6) is -0.810. The summed E-state index contributed by atoms with van der Waals surface area (Å²) in [6.07, 6.45) is 1.54. The molecule has 50 valence electrons. The number of aliphatic imine (C=N–C) groups is 1. The van der Waals surface area contributed by atoms with Gasteiger partial charge in [0, 0.05) is 7.05 Å². The second-order valence-electron chi connectivity index (χ2n) is 2.00. The van der Waals surface area contributed by atoms with E-state index in [2.05, 4.69) is 4.99 Å². The summed E-state index contributed by atoms with van der Waals surface area (Å²) >= 11 is 0. The zero-order valence-electron chi connectivity index (χ0n) is 5.11. The van der Waals surface area contributed by atoms with E-state index in [1.54, 1.807) is 18.3 Å². The molecular formula is C5H8N2O2. The third-order valence-corrected chi connectivity index (χ3v) is 1.32. The molecular weight excluding hydrogens is 120 g/mol. The maximum Gasteiger partial charge on any atom is 0.328 e. The Kier molecular flexibility index (Phi) is 1.38. The number of rotatable bonds is 1. The first-order valence-electron chi connectivity index (χ1n) is 2.66. The molecule has 0 aromatic heterocycles. The maximum absolute atomic E-state index is 10.3.